The van der Waals surface area contributed by atoms with Gasteiger partial charge in [-0.3, -0.25) is 0 Å². The maximum atomic E-state index is 5.81. The van der Waals surface area contributed by atoms with Crippen LogP contribution in [0.4, 0.5) is 0 Å². The third-order valence-corrected chi connectivity index (χ3v) is 7.28. The Morgan fingerprint density at radius 1 is 0.409 bits per heavy atom. The normalized spacial score (nSPS) is 10.8. The quantitative estimate of drug-likeness (QED) is 0.182. The van der Waals surface area contributed by atoms with Crippen molar-refractivity contribution in [2.75, 3.05) is 0 Å². The van der Waals surface area contributed by atoms with Crippen LogP contribution in [0, 0.1) is 17.8 Å². The second-order valence-corrected chi connectivity index (χ2v) is 12.8. The summed E-state index contributed by atoms with van der Waals surface area (Å²) >= 11 is 0. The van der Waals surface area contributed by atoms with Gasteiger partial charge in [0.05, 0.1) is 0 Å². The third-order valence-electron chi connectivity index (χ3n) is 7.28. The molecule has 1 aromatic heterocycles. The van der Waals surface area contributed by atoms with Gasteiger partial charge in [-0.05, 0) is 83.0 Å². The summed E-state index contributed by atoms with van der Waals surface area (Å²) in [4.78, 5) is 0. The molecule has 0 amide bonds. The molecule has 1 nitrogen and oxygen atoms in total. The Bertz CT molecular complexity index is 1640. The average Bonchev–Trinajstić information content (AvgIpc) is 3.36. The number of benzene rings is 5. The van der Waals surface area contributed by atoms with Crippen molar-refractivity contribution in [3.63, 3.8) is 0 Å². The van der Waals surface area contributed by atoms with Crippen LogP contribution in [0.15, 0.2) is 132 Å². The molecule has 0 unspecified atom stereocenters. The molecule has 0 atom stereocenters. The molecule has 0 bridgehead atoms. The van der Waals surface area contributed by atoms with E-state index in [4.69, 9.17) is 4.42 Å². The lowest BCUT2D eigenvalue weighted by Crippen LogP contribution is -1.93. The van der Waals surface area contributed by atoms with Crippen molar-refractivity contribution in [1.82, 2.24) is 0 Å². The van der Waals surface area contributed by atoms with Crippen LogP contribution in [-0.4, -0.2) is 0 Å². The maximum Gasteiger partial charge on any atom is 0.135 e. The van der Waals surface area contributed by atoms with Crippen molar-refractivity contribution in [2.45, 2.75) is 68.2 Å². The van der Waals surface area contributed by atoms with Crippen molar-refractivity contribution in [3.05, 3.63) is 144 Å². The fourth-order valence-electron chi connectivity index (χ4n) is 5.39. The van der Waals surface area contributed by atoms with Gasteiger partial charge < -0.3 is 4.42 Å². The van der Waals surface area contributed by atoms with Gasteiger partial charge in [-0.15, -0.1) is 0 Å². The second-order valence-electron chi connectivity index (χ2n) is 12.8. The Labute approximate surface area is 267 Å². The van der Waals surface area contributed by atoms with Crippen LogP contribution in [0.3, 0.4) is 0 Å². The Hall–Kier alpha value is -4.10. The summed E-state index contributed by atoms with van der Waals surface area (Å²) in [6.07, 6.45) is 3.48. The molecule has 0 spiro atoms. The first-order valence-corrected chi connectivity index (χ1v) is 15.9. The molecule has 1 heterocycles. The first-order valence-electron chi connectivity index (χ1n) is 15.9. The molecular formula is C43H52O. The zero-order valence-corrected chi connectivity index (χ0v) is 26.9. The lowest BCUT2D eigenvalue weighted by molar-refractivity contribution is 0.646. The van der Waals surface area contributed by atoms with Crippen LogP contribution < -0.4 is 0 Å². The highest BCUT2D eigenvalue weighted by molar-refractivity contribution is 6.04. The summed E-state index contributed by atoms with van der Waals surface area (Å²) in [5.41, 5.74) is 8.81. The van der Waals surface area contributed by atoms with E-state index >= 15 is 0 Å². The molecule has 0 saturated carbocycles. The highest BCUT2D eigenvalue weighted by Crippen LogP contribution is 2.29. The molecule has 5 aromatic carbocycles. The topological polar surface area (TPSA) is 13.1 Å². The molecular weight excluding hydrogens is 532 g/mol. The van der Waals surface area contributed by atoms with Gasteiger partial charge in [-0.25, -0.2) is 0 Å². The van der Waals surface area contributed by atoms with Crippen molar-refractivity contribution >= 4 is 21.9 Å². The van der Waals surface area contributed by atoms with E-state index < -0.39 is 0 Å². The summed E-state index contributed by atoms with van der Waals surface area (Å²) in [5.74, 6) is 2.18. The minimum absolute atomic E-state index is 0. The third kappa shape index (κ3) is 10.6. The van der Waals surface area contributed by atoms with Gasteiger partial charge in [-0.2, -0.15) is 0 Å². The zero-order valence-electron chi connectivity index (χ0n) is 26.9. The van der Waals surface area contributed by atoms with Crippen LogP contribution in [0.1, 0.15) is 65.7 Å². The van der Waals surface area contributed by atoms with Crippen molar-refractivity contribution < 1.29 is 4.42 Å². The fourth-order valence-corrected chi connectivity index (χ4v) is 5.39. The van der Waals surface area contributed by atoms with Gasteiger partial charge in [0.2, 0.25) is 0 Å². The number of fused-ring (bicyclic) bond motifs is 3. The number of rotatable bonds is 7. The van der Waals surface area contributed by atoms with Crippen molar-refractivity contribution in [3.8, 4) is 11.1 Å². The predicted molar refractivity (Wildman–Crippen MR) is 194 cm³/mol. The molecule has 0 aliphatic carbocycles. The zero-order chi connectivity index (χ0) is 30.6. The Morgan fingerprint density at radius 3 is 1.43 bits per heavy atom. The van der Waals surface area contributed by atoms with E-state index in [1.807, 2.05) is 12.1 Å². The van der Waals surface area contributed by atoms with Crippen LogP contribution in [0.25, 0.3) is 33.1 Å². The second kappa shape index (κ2) is 17.3. The van der Waals surface area contributed by atoms with Gasteiger partial charge in [0.15, 0.2) is 0 Å². The van der Waals surface area contributed by atoms with E-state index in [9.17, 15) is 0 Å². The smallest absolute Gasteiger partial charge is 0.135 e. The van der Waals surface area contributed by atoms with E-state index in [1.54, 1.807) is 0 Å². The Kier molecular flexibility index (Phi) is 13.5. The summed E-state index contributed by atoms with van der Waals surface area (Å²) in [6.45, 7) is 13.5. The van der Waals surface area contributed by atoms with E-state index in [1.165, 1.54) is 45.0 Å². The SMILES string of the molecule is C.CC(C)Cc1ccc(-c2ccccc2)cc1.CC(C)Cc1ccc2oc3ccccc3c2c1.CC(C)Cc1ccccc1. The summed E-state index contributed by atoms with van der Waals surface area (Å²) in [5, 5.41) is 2.45. The van der Waals surface area contributed by atoms with Crippen LogP contribution in [0.5, 0.6) is 0 Å². The van der Waals surface area contributed by atoms with Gasteiger partial charge >= 0.3 is 0 Å². The van der Waals surface area contributed by atoms with E-state index in [-0.39, 0.29) is 7.43 Å². The Morgan fingerprint density at radius 2 is 0.841 bits per heavy atom. The maximum absolute atomic E-state index is 5.81. The minimum Gasteiger partial charge on any atom is -0.456 e. The highest BCUT2D eigenvalue weighted by atomic mass is 16.3. The molecule has 0 N–H and O–H groups in total. The van der Waals surface area contributed by atoms with Crippen molar-refractivity contribution in [2.24, 2.45) is 17.8 Å². The monoisotopic (exact) mass is 584 g/mol. The summed E-state index contributed by atoms with van der Waals surface area (Å²) in [7, 11) is 0. The number of para-hydroxylation sites is 1. The first kappa shape index (κ1) is 34.4. The molecule has 0 fully saturated rings. The molecule has 0 radical (unpaired) electrons. The number of furan rings is 1. The van der Waals surface area contributed by atoms with E-state index in [0.29, 0.717) is 5.92 Å². The molecule has 6 aromatic rings. The highest BCUT2D eigenvalue weighted by Gasteiger charge is 2.07. The summed E-state index contributed by atoms with van der Waals surface area (Å²) < 4.78 is 5.81. The van der Waals surface area contributed by atoms with Crippen molar-refractivity contribution in [1.29, 1.82) is 0 Å². The van der Waals surface area contributed by atoms with E-state index in [0.717, 1.165) is 35.8 Å². The first-order chi connectivity index (χ1) is 20.8. The van der Waals surface area contributed by atoms with Crippen LogP contribution in [0.2, 0.25) is 0 Å². The predicted octanol–water partition coefficient (Wildman–Crippen LogP) is 12.9. The standard InChI is InChI=1S/C16H16O.C16H18.C10H14.CH4/c1-11(2)9-12-7-8-16-14(10-12)13-5-3-4-6-15(13)17-16;1-13(2)12-14-8-10-16(11-9-14)15-6-4-3-5-7-15;1-9(2)8-10-6-4-3-5-7-10;/h3-8,10-11H,9H2,1-2H3;3-11,13H,12H2,1-2H3;3-7,9H,8H2,1-2H3;1H4. The minimum atomic E-state index is 0. The molecule has 230 valence electrons. The molecule has 6 rings (SSSR count). The lowest BCUT2D eigenvalue weighted by Gasteiger charge is -2.06. The molecule has 0 aliphatic rings. The molecule has 0 aliphatic heterocycles. The lowest BCUT2D eigenvalue weighted by atomic mass is 9.99. The largest absolute Gasteiger partial charge is 0.456 e. The van der Waals surface area contributed by atoms with Crippen LogP contribution in [-0.2, 0) is 19.3 Å². The van der Waals surface area contributed by atoms with E-state index in [2.05, 4.69) is 157 Å². The summed E-state index contributed by atoms with van der Waals surface area (Å²) in [6, 6.07) is 44.8. The van der Waals surface area contributed by atoms with Crippen LogP contribution >= 0.6 is 0 Å². The molecule has 0 saturated heterocycles. The van der Waals surface area contributed by atoms with Gasteiger partial charge in [0.25, 0.3) is 0 Å². The van der Waals surface area contributed by atoms with Gasteiger partial charge in [0, 0.05) is 10.8 Å². The van der Waals surface area contributed by atoms with Gasteiger partial charge in [0.1, 0.15) is 11.2 Å². The molecule has 44 heavy (non-hydrogen) atoms. The Balaban J connectivity index is 0.000000185. The fraction of sp³-hybridized carbons (Fsp3) is 0.302. The number of hydrogen-bond acceptors (Lipinski definition) is 1. The van der Waals surface area contributed by atoms with Gasteiger partial charge in [-0.1, -0.05) is 158 Å². The number of hydrogen-bond donors (Lipinski definition) is 0. The molecule has 1 heteroatoms. The average molecular weight is 585 g/mol.